The molecule has 1 atom stereocenters. The number of amides is 1. The minimum Gasteiger partial charge on any atom is -0.469 e. The Balaban J connectivity index is 2.02. The van der Waals surface area contributed by atoms with Gasteiger partial charge in [0, 0.05) is 17.0 Å². The second kappa shape index (κ2) is 8.18. The first-order valence-corrected chi connectivity index (χ1v) is 9.54. The molecule has 11 heteroatoms. The van der Waals surface area contributed by atoms with Gasteiger partial charge in [0.05, 0.1) is 41.2 Å². The number of nitrogens with zero attached hydrogens (tertiary/aromatic N) is 1. The molecule has 0 spiro atoms. The van der Waals surface area contributed by atoms with E-state index in [9.17, 15) is 24.5 Å². The Kier molecular flexibility index (Phi) is 5.85. The van der Waals surface area contributed by atoms with Gasteiger partial charge < -0.3 is 14.8 Å². The van der Waals surface area contributed by atoms with Crippen LogP contribution in [-0.4, -0.2) is 37.0 Å². The van der Waals surface area contributed by atoms with Gasteiger partial charge in [-0.2, -0.15) is 0 Å². The molecule has 152 valence electrons. The van der Waals surface area contributed by atoms with Crippen molar-refractivity contribution in [1.82, 2.24) is 0 Å². The lowest BCUT2D eigenvalue weighted by Gasteiger charge is -2.12. The van der Waals surface area contributed by atoms with Crippen molar-refractivity contribution in [1.29, 1.82) is 0 Å². The van der Waals surface area contributed by atoms with E-state index in [-0.39, 0.29) is 26.8 Å². The Labute approximate surface area is 173 Å². The van der Waals surface area contributed by atoms with Crippen LogP contribution < -0.4 is 5.32 Å². The van der Waals surface area contributed by atoms with Gasteiger partial charge in [0.25, 0.3) is 11.6 Å². The lowest BCUT2D eigenvalue weighted by molar-refractivity contribution is -0.384. The zero-order valence-electron chi connectivity index (χ0n) is 15.3. The van der Waals surface area contributed by atoms with Crippen LogP contribution in [0.4, 0.5) is 10.7 Å². The number of halogens is 1. The van der Waals surface area contributed by atoms with Crippen LogP contribution in [0, 0.1) is 10.1 Å². The highest BCUT2D eigenvalue weighted by molar-refractivity contribution is 7.17. The molecule has 0 radical (unpaired) electrons. The molecule has 0 saturated heterocycles. The quantitative estimate of drug-likeness (QED) is 0.429. The van der Waals surface area contributed by atoms with Crippen molar-refractivity contribution >= 4 is 51.5 Å². The number of carbonyl (C=O) groups is 3. The van der Waals surface area contributed by atoms with Crippen LogP contribution in [0.25, 0.3) is 0 Å². The number of aryl methyl sites for hydroxylation is 1. The molecule has 0 saturated carbocycles. The van der Waals surface area contributed by atoms with Crippen molar-refractivity contribution in [2.75, 3.05) is 19.5 Å². The van der Waals surface area contributed by atoms with Crippen LogP contribution in [0.5, 0.6) is 0 Å². The van der Waals surface area contributed by atoms with Crippen LogP contribution >= 0.6 is 22.9 Å². The summed E-state index contributed by atoms with van der Waals surface area (Å²) in [4.78, 5) is 48.3. The molecule has 29 heavy (non-hydrogen) atoms. The van der Waals surface area contributed by atoms with Crippen molar-refractivity contribution < 1.29 is 28.8 Å². The van der Waals surface area contributed by atoms with Crippen molar-refractivity contribution in [3.05, 3.63) is 54.9 Å². The first-order chi connectivity index (χ1) is 13.8. The molecule has 1 N–H and O–H groups in total. The van der Waals surface area contributed by atoms with Gasteiger partial charge in [0.15, 0.2) is 0 Å². The number of hydrogen-bond donors (Lipinski definition) is 1. The fourth-order valence-electron chi connectivity index (χ4n) is 3.21. The van der Waals surface area contributed by atoms with Crippen LogP contribution in [-0.2, 0) is 20.7 Å². The van der Waals surface area contributed by atoms with E-state index in [1.54, 1.807) is 0 Å². The van der Waals surface area contributed by atoms with Gasteiger partial charge in [-0.1, -0.05) is 11.6 Å². The van der Waals surface area contributed by atoms with Crippen LogP contribution in [0.1, 0.15) is 43.5 Å². The van der Waals surface area contributed by atoms with E-state index >= 15 is 0 Å². The molecule has 1 aromatic carbocycles. The third-order valence-corrected chi connectivity index (χ3v) is 6.05. The standard InChI is InChI=1S/C18H15ClN2O7S/c1-27-17(23)9-4-6-12-13(9)14(18(24)28-2)16(29-12)20-15(22)10-7-8(21(25)26)3-5-11(10)19/h3,5,7,9H,4,6H2,1-2H3,(H,20,22). The van der Waals surface area contributed by atoms with Crippen LogP contribution in [0.3, 0.4) is 0 Å². The molecule has 0 fully saturated rings. The number of nitro benzene ring substituents is 1. The number of fused-ring (bicyclic) bond motifs is 1. The normalized spacial score (nSPS) is 14.8. The third kappa shape index (κ3) is 3.81. The van der Waals surface area contributed by atoms with E-state index in [4.69, 9.17) is 21.1 Å². The molecular formula is C18H15ClN2O7S. The molecule has 3 rings (SSSR count). The van der Waals surface area contributed by atoms with Gasteiger partial charge in [-0.25, -0.2) is 4.79 Å². The molecule has 0 aliphatic heterocycles. The Morgan fingerprint density at radius 1 is 1.28 bits per heavy atom. The maximum Gasteiger partial charge on any atom is 0.341 e. The van der Waals surface area contributed by atoms with Gasteiger partial charge >= 0.3 is 11.9 Å². The van der Waals surface area contributed by atoms with Crippen LogP contribution in [0.2, 0.25) is 5.02 Å². The number of benzene rings is 1. The number of ether oxygens (including phenoxy) is 2. The Bertz CT molecular complexity index is 1030. The van der Waals surface area contributed by atoms with E-state index in [1.807, 2.05) is 0 Å². The SMILES string of the molecule is COC(=O)c1c(NC(=O)c2cc([N+](=O)[O-])ccc2Cl)sc2c1C(C(=O)OC)CC2. The summed E-state index contributed by atoms with van der Waals surface area (Å²) in [6, 6.07) is 3.48. The molecule has 1 heterocycles. The molecule has 0 bridgehead atoms. The fourth-order valence-corrected chi connectivity index (χ4v) is 4.67. The van der Waals surface area contributed by atoms with Crippen molar-refractivity contribution in [2.45, 2.75) is 18.8 Å². The maximum absolute atomic E-state index is 12.7. The van der Waals surface area contributed by atoms with E-state index in [0.29, 0.717) is 18.4 Å². The molecule has 1 aliphatic carbocycles. The molecule has 9 nitrogen and oxygen atoms in total. The average Bonchev–Trinajstić information content (AvgIpc) is 3.25. The number of esters is 2. The Morgan fingerprint density at radius 2 is 2.00 bits per heavy atom. The predicted octanol–water partition coefficient (Wildman–Crippen LogP) is 3.55. The third-order valence-electron chi connectivity index (χ3n) is 4.54. The zero-order chi connectivity index (χ0) is 21.3. The Hall–Kier alpha value is -2.98. The second-order valence-electron chi connectivity index (χ2n) is 6.12. The summed E-state index contributed by atoms with van der Waals surface area (Å²) in [5.41, 5.74) is 0.145. The molecule has 1 aliphatic rings. The number of carbonyl (C=O) groups excluding carboxylic acids is 3. The Morgan fingerprint density at radius 3 is 2.62 bits per heavy atom. The monoisotopic (exact) mass is 438 g/mol. The highest BCUT2D eigenvalue weighted by Crippen LogP contribution is 2.46. The summed E-state index contributed by atoms with van der Waals surface area (Å²) < 4.78 is 9.65. The van der Waals surface area contributed by atoms with E-state index in [1.165, 1.54) is 26.4 Å². The number of thiophene rings is 1. The highest BCUT2D eigenvalue weighted by atomic mass is 35.5. The van der Waals surface area contributed by atoms with Gasteiger partial charge in [-0.15, -0.1) is 11.3 Å². The summed E-state index contributed by atoms with van der Waals surface area (Å²) in [6.45, 7) is 0. The summed E-state index contributed by atoms with van der Waals surface area (Å²) in [5.74, 6) is -2.55. The molecule has 1 amide bonds. The number of rotatable bonds is 5. The number of anilines is 1. The van der Waals surface area contributed by atoms with E-state index in [2.05, 4.69) is 5.32 Å². The lowest BCUT2D eigenvalue weighted by Crippen LogP contribution is -2.18. The summed E-state index contributed by atoms with van der Waals surface area (Å²) in [6.07, 6.45) is 1.03. The topological polar surface area (TPSA) is 125 Å². The van der Waals surface area contributed by atoms with Crippen molar-refractivity contribution in [2.24, 2.45) is 0 Å². The zero-order valence-corrected chi connectivity index (χ0v) is 16.9. The molecular weight excluding hydrogens is 424 g/mol. The average molecular weight is 439 g/mol. The predicted molar refractivity (Wildman–Crippen MR) is 105 cm³/mol. The fraction of sp³-hybridized carbons (Fsp3) is 0.278. The highest BCUT2D eigenvalue weighted by Gasteiger charge is 2.38. The summed E-state index contributed by atoms with van der Waals surface area (Å²) in [7, 11) is 2.45. The van der Waals surface area contributed by atoms with E-state index in [0.717, 1.165) is 22.3 Å². The van der Waals surface area contributed by atoms with Crippen molar-refractivity contribution in [3.63, 3.8) is 0 Å². The number of hydrogen-bond acceptors (Lipinski definition) is 8. The van der Waals surface area contributed by atoms with Gasteiger partial charge in [0.2, 0.25) is 0 Å². The van der Waals surface area contributed by atoms with E-state index < -0.39 is 28.7 Å². The lowest BCUT2D eigenvalue weighted by atomic mass is 9.99. The number of non-ortho nitro benzene ring substituents is 1. The molecule has 1 unspecified atom stereocenters. The van der Waals surface area contributed by atoms with Gasteiger partial charge in [0.1, 0.15) is 5.00 Å². The maximum atomic E-state index is 12.7. The van der Waals surface area contributed by atoms with Crippen molar-refractivity contribution in [3.8, 4) is 0 Å². The first kappa shape index (κ1) is 20.7. The second-order valence-corrected chi connectivity index (χ2v) is 7.64. The van der Waals surface area contributed by atoms with Gasteiger partial charge in [-0.3, -0.25) is 19.7 Å². The number of nitrogens with one attached hydrogen (secondary N) is 1. The molecule has 2 aromatic rings. The largest absolute Gasteiger partial charge is 0.469 e. The minimum absolute atomic E-state index is 0.0178. The minimum atomic E-state index is -0.724. The number of nitro groups is 1. The first-order valence-electron chi connectivity index (χ1n) is 8.35. The number of methoxy groups -OCH3 is 2. The van der Waals surface area contributed by atoms with Gasteiger partial charge in [-0.05, 0) is 24.5 Å². The summed E-state index contributed by atoms with van der Waals surface area (Å²) in [5, 5.41) is 13.8. The summed E-state index contributed by atoms with van der Waals surface area (Å²) >= 11 is 7.16. The smallest absolute Gasteiger partial charge is 0.341 e. The molecule has 1 aromatic heterocycles. The van der Waals surface area contributed by atoms with Crippen LogP contribution in [0.15, 0.2) is 18.2 Å².